The van der Waals surface area contributed by atoms with Crippen LogP contribution in [-0.2, 0) is 16.0 Å². The summed E-state index contributed by atoms with van der Waals surface area (Å²) in [5, 5.41) is 6.32. The zero-order valence-corrected chi connectivity index (χ0v) is 19.1. The molecular formula is C26H25F3N2O4. The van der Waals surface area contributed by atoms with Crippen molar-refractivity contribution >= 4 is 5.97 Å². The molecule has 9 heteroatoms. The van der Waals surface area contributed by atoms with Crippen LogP contribution in [0.5, 0.6) is 11.5 Å². The van der Waals surface area contributed by atoms with Crippen molar-refractivity contribution in [3.8, 4) is 11.5 Å². The molecule has 3 aromatic carbocycles. The number of halogens is 3. The number of benzene rings is 3. The van der Waals surface area contributed by atoms with Gasteiger partial charge in [0.15, 0.2) is 0 Å². The first-order chi connectivity index (χ1) is 16.7. The van der Waals surface area contributed by atoms with Gasteiger partial charge in [-0.3, -0.25) is 10.6 Å². The Morgan fingerprint density at radius 3 is 1.86 bits per heavy atom. The maximum atomic E-state index is 13.3. The van der Waals surface area contributed by atoms with Crippen molar-refractivity contribution in [3.05, 3.63) is 95.6 Å². The number of hydrogen-bond donors (Lipinski definition) is 2. The highest BCUT2D eigenvalue weighted by Crippen LogP contribution is 2.40. The minimum absolute atomic E-state index is 0.165. The van der Waals surface area contributed by atoms with Gasteiger partial charge in [-0.1, -0.05) is 60.7 Å². The minimum Gasteiger partial charge on any atom is -0.497 e. The van der Waals surface area contributed by atoms with Crippen LogP contribution < -0.4 is 20.1 Å². The Morgan fingerprint density at radius 1 is 0.857 bits per heavy atom. The fraction of sp³-hybridized carbons (Fsp3) is 0.269. The van der Waals surface area contributed by atoms with Crippen molar-refractivity contribution in [2.45, 2.75) is 30.5 Å². The summed E-state index contributed by atoms with van der Waals surface area (Å²) in [6, 6.07) is 22.5. The van der Waals surface area contributed by atoms with Crippen molar-refractivity contribution in [3.63, 3.8) is 0 Å². The summed E-state index contributed by atoms with van der Waals surface area (Å²) in [5.74, 6) is -3.31. The lowest BCUT2D eigenvalue weighted by molar-refractivity contribution is -0.218. The molecule has 0 aliphatic carbocycles. The van der Waals surface area contributed by atoms with Gasteiger partial charge in [0, 0.05) is 12.0 Å². The number of nitrogens with one attached hydrogen (secondary N) is 2. The predicted molar refractivity (Wildman–Crippen MR) is 123 cm³/mol. The van der Waals surface area contributed by atoms with E-state index in [0.29, 0.717) is 17.1 Å². The van der Waals surface area contributed by atoms with E-state index >= 15 is 0 Å². The van der Waals surface area contributed by atoms with Crippen LogP contribution in [0.1, 0.15) is 28.8 Å². The van der Waals surface area contributed by atoms with Crippen LogP contribution in [0.15, 0.2) is 78.9 Å². The Labute approximate surface area is 201 Å². The van der Waals surface area contributed by atoms with Crippen LogP contribution in [-0.4, -0.2) is 32.2 Å². The van der Waals surface area contributed by atoms with Gasteiger partial charge in [0.25, 0.3) is 0 Å². The van der Waals surface area contributed by atoms with Gasteiger partial charge in [-0.2, -0.15) is 13.2 Å². The second-order valence-corrected chi connectivity index (χ2v) is 8.13. The Morgan fingerprint density at radius 2 is 1.40 bits per heavy atom. The summed E-state index contributed by atoms with van der Waals surface area (Å²) >= 11 is 0. The summed E-state index contributed by atoms with van der Waals surface area (Å²) in [5.41, 5.74) is 2.12. The second kappa shape index (κ2) is 9.97. The van der Waals surface area contributed by atoms with E-state index in [0.717, 1.165) is 11.1 Å². The molecule has 6 nitrogen and oxygen atoms in total. The van der Waals surface area contributed by atoms with E-state index in [1.165, 1.54) is 14.2 Å². The van der Waals surface area contributed by atoms with Crippen LogP contribution in [0.2, 0.25) is 0 Å². The zero-order valence-electron chi connectivity index (χ0n) is 19.1. The Balaban J connectivity index is 1.80. The third kappa shape index (κ3) is 5.41. The van der Waals surface area contributed by atoms with Gasteiger partial charge in [0.1, 0.15) is 11.5 Å². The summed E-state index contributed by atoms with van der Waals surface area (Å²) < 4.78 is 55.9. The fourth-order valence-corrected chi connectivity index (χ4v) is 4.28. The number of hydrogen-bond acceptors (Lipinski definition) is 6. The van der Waals surface area contributed by atoms with Gasteiger partial charge >= 0.3 is 12.1 Å². The quantitative estimate of drug-likeness (QED) is 0.473. The average Bonchev–Trinajstić information content (AvgIpc) is 3.23. The molecule has 1 heterocycles. The molecule has 0 spiro atoms. The van der Waals surface area contributed by atoms with E-state index in [4.69, 9.17) is 14.2 Å². The van der Waals surface area contributed by atoms with Gasteiger partial charge in [-0.15, -0.1) is 0 Å². The molecular weight excluding hydrogens is 461 g/mol. The molecule has 2 atom stereocenters. The maximum Gasteiger partial charge on any atom is 0.491 e. The number of rotatable bonds is 7. The standard InChI is InChI=1S/C26H25F3N2O4/c1-33-20-13-14-21(34-2)19(15-20)16-25(35-24(32)26(27,28)29)30-22(17-9-5-3-6-10-17)23(31-25)18-11-7-4-8-12-18/h3-15,22-23,30-31H,16H2,1-2H3. The summed E-state index contributed by atoms with van der Waals surface area (Å²) in [6.07, 6.45) is -5.34. The third-order valence-electron chi connectivity index (χ3n) is 5.85. The lowest BCUT2D eigenvalue weighted by Gasteiger charge is -2.31. The molecule has 0 bridgehead atoms. The molecule has 35 heavy (non-hydrogen) atoms. The maximum absolute atomic E-state index is 13.3. The molecule has 1 aliphatic heterocycles. The third-order valence-corrected chi connectivity index (χ3v) is 5.85. The number of ether oxygens (including phenoxy) is 3. The fourth-order valence-electron chi connectivity index (χ4n) is 4.28. The zero-order chi connectivity index (χ0) is 25.1. The Bertz CT molecular complexity index is 1110. The molecule has 1 saturated heterocycles. The Kier molecular flexibility index (Phi) is 7.00. The van der Waals surface area contributed by atoms with Gasteiger partial charge in [0.05, 0.1) is 26.3 Å². The van der Waals surface area contributed by atoms with Crippen molar-refractivity contribution in [1.29, 1.82) is 0 Å². The van der Waals surface area contributed by atoms with E-state index in [9.17, 15) is 18.0 Å². The first kappa shape index (κ1) is 24.6. The van der Waals surface area contributed by atoms with Crippen molar-refractivity contribution < 1.29 is 32.2 Å². The number of esters is 1. The molecule has 1 fully saturated rings. The van der Waals surface area contributed by atoms with E-state index in [1.54, 1.807) is 18.2 Å². The molecule has 0 aromatic heterocycles. The molecule has 2 N–H and O–H groups in total. The van der Waals surface area contributed by atoms with Crippen LogP contribution >= 0.6 is 0 Å². The summed E-state index contributed by atoms with van der Waals surface area (Å²) in [7, 11) is 2.93. The largest absolute Gasteiger partial charge is 0.497 e. The number of carbonyl (C=O) groups excluding carboxylic acids is 1. The molecule has 1 aliphatic rings. The minimum atomic E-state index is -5.18. The van der Waals surface area contributed by atoms with Crippen molar-refractivity contribution in [1.82, 2.24) is 10.6 Å². The predicted octanol–water partition coefficient (Wildman–Crippen LogP) is 4.68. The highest BCUT2D eigenvalue weighted by atomic mass is 19.4. The van der Waals surface area contributed by atoms with Crippen molar-refractivity contribution in [2.24, 2.45) is 0 Å². The van der Waals surface area contributed by atoms with Gasteiger partial charge < -0.3 is 14.2 Å². The molecule has 184 valence electrons. The van der Waals surface area contributed by atoms with E-state index in [1.807, 2.05) is 60.7 Å². The molecule has 4 rings (SSSR count). The monoisotopic (exact) mass is 486 g/mol. The molecule has 3 aromatic rings. The topological polar surface area (TPSA) is 68.8 Å². The van der Waals surface area contributed by atoms with Crippen molar-refractivity contribution in [2.75, 3.05) is 14.2 Å². The number of methoxy groups -OCH3 is 2. The molecule has 0 radical (unpaired) electrons. The summed E-state index contributed by atoms with van der Waals surface area (Å²) in [4.78, 5) is 12.1. The lowest BCUT2D eigenvalue weighted by atomic mass is 9.95. The first-order valence-corrected chi connectivity index (χ1v) is 10.9. The summed E-state index contributed by atoms with van der Waals surface area (Å²) in [6.45, 7) is 0. The Hall–Kier alpha value is -3.56. The van der Waals surface area contributed by atoms with Gasteiger partial charge in [-0.25, -0.2) is 4.79 Å². The van der Waals surface area contributed by atoms with E-state index < -0.39 is 30.1 Å². The SMILES string of the molecule is COc1ccc(OC)c(CC2(OC(=O)C(F)(F)F)NC(c3ccccc3)C(c3ccccc3)N2)c1. The molecule has 2 unspecified atom stereocenters. The smallest absolute Gasteiger partial charge is 0.491 e. The van der Waals surface area contributed by atoms with Crippen LogP contribution in [0.25, 0.3) is 0 Å². The van der Waals surface area contributed by atoms with Gasteiger partial charge in [0.2, 0.25) is 5.85 Å². The highest BCUT2D eigenvalue weighted by molar-refractivity contribution is 5.76. The first-order valence-electron chi connectivity index (χ1n) is 10.9. The normalized spacial score (nSPS) is 22.0. The van der Waals surface area contributed by atoms with E-state index in [-0.39, 0.29) is 6.42 Å². The molecule has 0 amide bonds. The number of alkyl halides is 3. The van der Waals surface area contributed by atoms with Crippen LogP contribution in [0.3, 0.4) is 0 Å². The van der Waals surface area contributed by atoms with Crippen LogP contribution in [0.4, 0.5) is 13.2 Å². The highest BCUT2D eigenvalue weighted by Gasteiger charge is 2.53. The number of carbonyl (C=O) groups is 1. The van der Waals surface area contributed by atoms with Crippen LogP contribution in [0, 0.1) is 0 Å². The second-order valence-electron chi connectivity index (χ2n) is 8.13. The molecule has 0 saturated carbocycles. The lowest BCUT2D eigenvalue weighted by Crippen LogP contribution is -2.56. The van der Waals surface area contributed by atoms with Gasteiger partial charge in [-0.05, 0) is 29.3 Å². The van der Waals surface area contributed by atoms with E-state index in [2.05, 4.69) is 10.6 Å². The average molecular weight is 486 g/mol.